The molecule has 0 radical (unpaired) electrons. The molecule has 0 aliphatic rings. The molecule has 0 aromatic heterocycles. The first-order chi connectivity index (χ1) is 15.4. The van der Waals surface area contributed by atoms with Crippen LogP contribution in [0, 0.1) is 10.1 Å². The molecular formula is C17H23N2O11PS2. The molecule has 1 unspecified atom stereocenters. The highest BCUT2D eigenvalue weighted by Gasteiger charge is 2.47. The van der Waals surface area contributed by atoms with Gasteiger partial charge in [-0.05, 0) is 26.0 Å². The summed E-state index contributed by atoms with van der Waals surface area (Å²) in [4.78, 5) is 36.2. The Morgan fingerprint density at radius 1 is 1.21 bits per heavy atom. The van der Waals surface area contributed by atoms with E-state index in [0.29, 0.717) is 0 Å². The molecule has 1 aromatic carbocycles. The van der Waals surface area contributed by atoms with Crippen molar-refractivity contribution in [3.05, 3.63) is 34.4 Å². The molecule has 0 amide bonds. The quantitative estimate of drug-likeness (QED) is 0.0621. The summed E-state index contributed by atoms with van der Waals surface area (Å²) < 4.78 is 58.6. The first-order valence-corrected chi connectivity index (χ1v) is 13.4. The minimum atomic E-state index is -4.78. The van der Waals surface area contributed by atoms with Gasteiger partial charge in [-0.25, -0.2) is 0 Å². The number of ketones is 1. The fraction of sp³-hybridized carbons (Fsp3) is 0.471. The van der Waals surface area contributed by atoms with Crippen LogP contribution in [0.1, 0.15) is 20.8 Å². The number of carbonyl (C=O) groups excluding carboxylic acids is 2. The van der Waals surface area contributed by atoms with Crippen molar-refractivity contribution in [3.63, 3.8) is 0 Å². The summed E-state index contributed by atoms with van der Waals surface area (Å²) in [6.07, 6.45) is 0. The number of benzene rings is 1. The molecule has 0 heterocycles. The Bertz CT molecular complexity index is 1000. The molecule has 13 nitrogen and oxygen atoms in total. The van der Waals surface area contributed by atoms with Crippen LogP contribution in [0.4, 0.5) is 5.69 Å². The summed E-state index contributed by atoms with van der Waals surface area (Å²) in [5.74, 6) is -1.60. The van der Waals surface area contributed by atoms with Gasteiger partial charge in [0.1, 0.15) is 5.75 Å². The summed E-state index contributed by atoms with van der Waals surface area (Å²) in [6, 6.07) is 4.15. The third-order valence-corrected chi connectivity index (χ3v) is 8.63. The molecular weight excluding hydrogens is 503 g/mol. The van der Waals surface area contributed by atoms with Gasteiger partial charge in [0.25, 0.3) is 10.8 Å². The van der Waals surface area contributed by atoms with Gasteiger partial charge in [-0.1, -0.05) is 0 Å². The molecule has 184 valence electrons. The minimum Gasteiger partial charge on any atom is -0.458 e. The van der Waals surface area contributed by atoms with E-state index in [-0.39, 0.29) is 30.4 Å². The molecule has 1 atom stereocenters. The van der Waals surface area contributed by atoms with E-state index in [1.165, 1.54) is 13.8 Å². The zero-order valence-electron chi connectivity index (χ0n) is 17.9. The van der Waals surface area contributed by atoms with Crippen LogP contribution in [0.2, 0.25) is 0 Å². The van der Waals surface area contributed by atoms with Crippen molar-refractivity contribution >= 4 is 52.5 Å². The number of hydrogen-bond acceptors (Lipinski definition) is 13. The van der Waals surface area contributed by atoms with Crippen LogP contribution in [0.15, 0.2) is 29.3 Å². The second kappa shape index (κ2) is 13.4. The maximum absolute atomic E-state index is 13.2. The van der Waals surface area contributed by atoms with E-state index in [0.717, 1.165) is 48.5 Å². The smallest absolute Gasteiger partial charge is 0.374 e. The number of ether oxygens (including phenoxy) is 1. The molecule has 0 saturated carbocycles. The van der Waals surface area contributed by atoms with E-state index in [9.17, 15) is 32.7 Å². The monoisotopic (exact) mass is 526 g/mol. The van der Waals surface area contributed by atoms with E-state index >= 15 is 0 Å². The second-order valence-electron chi connectivity index (χ2n) is 5.91. The standard InChI is InChI=1S/C17H23N2O11PS2/c1-4-28-31(24,29-5-2)17(18-12-32-11-15(21)10-27-13(3)20)33(25,26)30-16-8-6-14(7-9-16)19(22)23/h6-9,12,17H,4-5,10-11H2,1-3H3. The minimum absolute atomic E-state index is 0.162. The predicted molar refractivity (Wildman–Crippen MR) is 120 cm³/mol. The fourth-order valence-corrected chi connectivity index (χ4v) is 6.52. The first-order valence-electron chi connectivity index (χ1n) is 9.30. The largest absolute Gasteiger partial charge is 0.458 e. The third kappa shape index (κ3) is 9.60. The number of thioether (sulfide) groups is 1. The molecule has 0 aliphatic heterocycles. The lowest BCUT2D eigenvalue weighted by atomic mass is 10.3. The Hall–Kier alpha value is -2.32. The number of carbonyl (C=O) groups is 2. The molecule has 0 aliphatic carbocycles. The number of esters is 1. The molecule has 16 heteroatoms. The fourth-order valence-electron chi connectivity index (χ4n) is 2.09. The van der Waals surface area contributed by atoms with Crippen LogP contribution in [0.5, 0.6) is 5.75 Å². The van der Waals surface area contributed by atoms with Crippen LogP contribution < -0.4 is 4.18 Å². The van der Waals surface area contributed by atoms with E-state index < -0.39 is 46.1 Å². The van der Waals surface area contributed by atoms with Gasteiger partial charge in [-0.2, -0.15) is 8.42 Å². The maximum atomic E-state index is 13.2. The molecule has 0 spiro atoms. The number of nitro benzene ring substituents is 1. The highest BCUT2D eigenvalue weighted by atomic mass is 32.2. The lowest BCUT2D eigenvalue weighted by Gasteiger charge is -2.23. The van der Waals surface area contributed by atoms with Gasteiger partial charge < -0.3 is 18.0 Å². The van der Waals surface area contributed by atoms with Gasteiger partial charge in [0, 0.05) is 19.1 Å². The van der Waals surface area contributed by atoms with Crippen LogP contribution in [-0.4, -0.2) is 61.3 Å². The number of hydrogen-bond donors (Lipinski definition) is 0. The van der Waals surface area contributed by atoms with Crippen LogP contribution in [0.25, 0.3) is 0 Å². The molecule has 1 rings (SSSR count). The highest BCUT2D eigenvalue weighted by molar-refractivity contribution is 8.12. The van der Waals surface area contributed by atoms with Crippen LogP contribution >= 0.6 is 19.4 Å². The number of Topliss-reactive ketones (excluding diaryl/α,β-unsaturated/α-hetero) is 1. The number of aliphatic imine (C=N–C) groups is 1. The Kier molecular flexibility index (Phi) is 11.7. The summed E-state index contributed by atoms with van der Waals surface area (Å²) in [5, 5.41) is 8.61. The van der Waals surface area contributed by atoms with Crippen molar-refractivity contribution < 1.29 is 45.5 Å². The maximum Gasteiger partial charge on any atom is 0.374 e. The Balaban J connectivity index is 3.12. The average Bonchev–Trinajstić information content (AvgIpc) is 2.72. The Morgan fingerprint density at radius 3 is 2.27 bits per heavy atom. The number of rotatable bonds is 15. The lowest BCUT2D eigenvalue weighted by Crippen LogP contribution is -2.26. The van der Waals surface area contributed by atoms with Crippen molar-refractivity contribution in [1.82, 2.24) is 0 Å². The van der Waals surface area contributed by atoms with Gasteiger partial charge in [0.15, 0.2) is 12.4 Å². The topological polar surface area (TPSA) is 178 Å². The zero-order chi connectivity index (χ0) is 25.1. The van der Waals surface area contributed by atoms with E-state index in [1.807, 2.05) is 0 Å². The van der Waals surface area contributed by atoms with Gasteiger partial charge in [-0.3, -0.25) is 29.3 Å². The van der Waals surface area contributed by atoms with E-state index in [2.05, 4.69) is 9.73 Å². The van der Waals surface area contributed by atoms with Gasteiger partial charge in [0.05, 0.1) is 29.4 Å². The SMILES string of the molecule is CCOP(=O)(OCC)C(N=CSCC(=O)COC(C)=O)S(=O)(=O)Oc1ccc([N+](=O)[O-])cc1. The lowest BCUT2D eigenvalue weighted by molar-refractivity contribution is -0.384. The second-order valence-corrected chi connectivity index (χ2v) is 10.8. The van der Waals surface area contributed by atoms with Gasteiger partial charge in [0.2, 0.25) is 0 Å². The summed E-state index contributed by atoms with van der Waals surface area (Å²) >= 11 is 0.762. The average molecular weight is 526 g/mol. The first kappa shape index (κ1) is 28.7. The highest BCUT2D eigenvalue weighted by Crippen LogP contribution is 2.55. The van der Waals surface area contributed by atoms with Crippen molar-refractivity contribution in [3.8, 4) is 5.75 Å². The molecule has 1 aromatic rings. The number of nitro groups is 1. The molecule has 33 heavy (non-hydrogen) atoms. The van der Waals surface area contributed by atoms with Crippen LogP contribution in [-0.2, 0) is 38.1 Å². The normalized spacial score (nSPS) is 12.9. The zero-order valence-corrected chi connectivity index (χ0v) is 20.5. The molecule has 0 fully saturated rings. The molecule has 0 bridgehead atoms. The van der Waals surface area contributed by atoms with Crippen molar-refractivity contribution in [1.29, 1.82) is 0 Å². The van der Waals surface area contributed by atoms with Gasteiger partial charge in [-0.15, -0.1) is 11.8 Å². The number of nitrogens with zero attached hydrogens (tertiary/aromatic N) is 2. The number of non-ortho nitro benzene ring substituents is 1. The molecule has 0 saturated heterocycles. The summed E-state index contributed by atoms with van der Waals surface area (Å²) in [6.45, 7) is 3.30. The third-order valence-electron chi connectivity index (χ3n) is 3.35. The van der Waals surface area contributed by atoms with Gasteiger partial charge >= 0.3 is 23.7 Å². The summed E-state index contributed by atoms with van der Waals surface area (Å²) in [5.41, 5.74) is 0.677. The van der Waals surface area contributed by atoms with E-state index in [4.69, 9.17) is 13.2 Å². The van der Waals surface area contributed by atoms with E-state index in [1.54, 1.807) is 0 Å². The Morgan fingerprint density at radius 2 is 1.79 bits per heavy atom. The van der Waals surface area contributed by atoms with Crippen LogP contribution in [0.3, 0.4) is 0 Å². The van der Waals surface area contributed by atoms with Crippen molar-refractivity contribution in [2.75, 3.05) is 25.6 Å². The van der Waals surface area contributed by atoms with Crippen molar-refractivity contribution in [2.24, 2.45) is 4.99 Å². The van der Waals surface area contributed by atoms with Crippen molar-refractivity contribution in [2.45, 2.75) is 25.9 Å². The summed E-state index contributed by atoms with van der Waals surface area (Å²) in [7, 11) is -9.17. The molecule has 0 N–H and O–H groups in total. The Labute approximate surface area is 194 Å². The predicted octanol–water partition coefficient (Wildman–Crippen LogP) is 2.75.